The van der Waals surface area contributed by atoms with Gasteiger partial charge in [-0.05, 0) is 38.7 Å². The Labute approximate surface area is 126 Å². The average Bonchev–Trinajstić information content (AvgIpc) is 2.47. The molecular formula is C16H24N2O3. The van der Waals surface area contributed by atoms with Crippen LogP contribution >= 0.6 is 0 Å². The summed E-state index contributed by atoms with van der Waals surface area (Å²) in [5.74, 6) is -0.361. The van der Waals surface area contributed by atoms with E-state index >= 15 is 0 Å². The Balaban J connectivity index is 2.69. The summed E-state index contributed by atoms with van der Waals surface area (Å²) < 4.78 is 4.60. The number of carbonyl (C=O) groups excluding carboxylic acids is 2. The lowest BCUT2D eigenvalue weighted by atomic mass is 10.1. The zero-order valence-electron chi connectivity index (χ0n) is 13.3. The van der Waals surface area contributed by atoms with Gasteiger partial charge >= 0.3 is 5.97 Å². The highest BCUT2D eigenvalue weighted by Crippen LogP contribution is 2.09. The predicted molar refractivity (Wildman–Crippen MR) is 82.0 cm³/mol. The summed E-state index contributed by atoms with van der Waals surface area (Å²) in [6.07, 6.45) is 0.217. The first-order chi connectivity index (χ1) is 9.97. The van der Waals surface area contributed by atoms with E-state index in [1.165, 1.54) is 7.11 Å². The number of carbonyl (C=O) groups is 2. The Morgan fingerprint density at radius 1 is 1.14 bits per heavy atom. The average molecular weight is 292 g/mol. The van der Waals surface area contributed by atoms with Gasteiger partial charge in [0.15, 0.2) is 0 Å². The van der Waals surface area contributed by atoms with Gasteiger partial charge in [-0.1, -0.05) is 12.1 Å². The van der Waals surface area contributed by atoms with Crippen molar-refractivity contribution in [1.82, 2.24) is 9.80 Å². The Hall–Kier alpha value is -1.88. The first kappa shape index (κ1) is 17.2. The molecule has 0 N–H and O–H groups in total. The van der Waals surface area contributed by atoms with Gasteiger partial charge in [-0.3, -0.25) is 9.59 Å². The van der Waals surface area contributed by atoms with E-state index in [1.807, 2.05) is 45.3 Å². The second-order valence-electron chi connectivity index (χ2n) is 5.15. The summed E-state index contributed by atoms with van der Waals surface area (Å²) >= 11 is 0. The van der Waals surface area contributed by atoms with Crippen molar-refractivity contribution in [2.24, 2.45) is 0 Å². The highest BCUT2D eigenvalue weighted by Gasteiger charge is 2.15. The zero-order valence-corrected chi connectivity index (χ0v) is 13.3. The summed E-state index contributed by atoms with van der Waals surface area (Å²) in [4.78, 5) is 27.3. The molecule has 0 heterocycles. The Kier molecular flexibility index (Phi) is 6.88. The molecule has 0 saturated heterocycles. The van der Waals surface area contributed by atoms with Gasteiger partial charge in [-0.2, -0.15) is 0 Å². The molecule has 1 amide bonds. The van der Waals surface area contributed by atoms with E-state index in [2.05, 4.69) is 9.64 Å². The Morgan fingerprint density at radius 3 is 2.24 bits per heavy atom. The van der Waals surface area contributed by atoms with Crippen LogP contribution in [0.3, 0.4) is 0 Å². The number of benzene rings is 1. The van der Waals surface area contributed by atoms with Crippen molar-refractivity contribution in [2.45, 2.75) is 19.9 Å². The SMILES string of the molecule is CCN(CCC(=O)OC)C(=O)c1ccc(CN(C)C)cc1. The fourth-order valence-electron chi connectivity index (χ4n) is 2.03. The molecule has 0 radical (unpaired) electrons. The summed E-state index contributed by atoms with van der Waals surface area (Å²) in [5, 5.41) is 0. The van der Waals surface area contributed by atoms with Crippen LogP contribution in [0.2, 0.25) is 0 Å². The van der Waals surface area contributed by atoms with Gasteiger partial charge in [0.25, 0.3) is 5.91 Å². The number of nitrogens with zero attached hydrogens (tertiary/aromatic N) is 2. The van der Waals surface area contributed by atoms with Crippen molar-refractivity contribution in [3.05, 3.63) is 35.4 Å². The molecular weight excluding hydrogens is 268 g/mol. The monoisotopic (exact) mass is 292 g/mol. The standard InChI is InChI=1S/C16H24N2O3/c1-5-18(11-10-15(19)21-4)16(20)14-8-6-13(7-9-14)12-17(2)3/h6-9H,5,10-12H2,1-4H3. The number of hydrogen-bond donors (Lipinski definition) is 0. The predicted octanol–water partition coefficient (Wildman–Crippen LogP) is 1.77. The maximum absolute atomic E-state index is 12.4. The fourth-order valence-corrected chi connectivity index (χ4v) is 2.03. The van der Waals surface area contributed by atoms with E-state index in [1.54, 1.807) is 4.90 Å². The van der Waals surface area contributed by atoms with Crippen molar-refractivity contribution >= 4 is 11.9 Å². The largest absolute Gasteiger partial charge is 0.469 e. The molecule has 0 aliphatic rings. The molecule has 0 saturated carbocycles. The van der Waals surface area contributed by atoms with Crippen molar-refractivity contribution in [2.75, 3.05) is 34.3 Å². The normalized spacial score (nSPS) is 10.5. The lowest BCUT2D eigenvalue weighted by Crippen LogP contribution is -2.33. The van der Waals surface area contributed by atoms with E-state index in [0.29, 0.717) is 18.7 Å². The van der Waals surface area contributed by atoms with Crippen LogP contribution in [0.4, 0.5) is 0 Å². The van der Waals surface area contributed by atoms with Gasteiger partial charge in [0.2, 0.25) is 0 Å². The van der Waals surface area contributed by atoms with Gasteiger partial charge in [0, 0.05) is 25.2 Å². The van der Waals surface area contributed by atoms with Crippen molar-refractivity contribution in [3.8, 4) is 0 Å². The third-order valence-electron chi connectivity index (χ3n) is 3.18. The number of methoxy groups -OCH3 is 1. The van der Waals surface area contributed by atoms with Gasteiger partial charge in [0.1, 0.15) is 0 Å². The van der Waals surface area contributed by atoms with E-state index in [0.717, 1.165) is 12.1 Å². The van der Waals surface area contributed by atoms with Crippen LogP contribution in [-0.2, 0) is 16.1 Å². The summed E-state index contributed by atoms with van der Waals surface area (Å²) in [5.41, 5.74) is 1.80. The molecule has 5 heteroatoms. The molecule has 0 unspecified atom stereocenters. The Morgan fingerprint density at radius 2 is 1.76 bits per heavy atom. The second kappa shape index (κ2) is 8.42. The molecule has 1 rings (SSSR count). The minimum Gasteiger partial charge on any atom is -0.469 e. The lowest BCUT2D eigenvalue weighted by Gasteiger charge is -2.20. The smallest absolute Gasteiger partial charge is 0.307 e. The van der Waals surface area contributed by atoms with Crippen molar-refractivity contribution in [3.63, 3.8) is 0 Å². The zero-order chi connectivity index (χ0) is 15.8. The first-order valence-electron chi connectivity index (χ1n) is 7.07. The van der Waals surface area contributed by atoms with Gasteiger partial charge in [-0.15, -0.1) is 0 Å². The summed E-state index contributed by atoms with van der Waals surface area (Å²) in [6.45, 7) is 3.68. The Bertz CT molecular complexity index is 469. The van der Waals surface area contributed by atoms with Crippen molar-refractivity contribution in [1.29, 1.82) is 0 Å². The van der Waals surface area contributed by atoms with E-state index in [-0.39, 0.29) is 18.3 Å². The molecule has 5 nitrogen and oxygen atoms in total. The van der Waals surface area contributed by atoms with Crippen LogP contribution in [-0.4, -0.2) is 56.0 Å². The van der Waals surface area contributed by atoms with E-state index in [4.69, 9.17) is 0 Å². The number of amides is 1. The number of esters is 1. The number of rotatable bonds is 7. The third kappa shape index (κ3) is 5.55. The van der Waals surface area contributed by atoms with Crippen LogP contribution in [0.1, 0.15) is 29.3 Å². The highest BCUT2D eigenvalue weighted by atomic mass is 16.5. The van der Waals surface area contributed by atoms with E-state index < -0.39 is 0 Å². The summed E-state index contributed by atoms with van der Waals surface area (Å²) in [6, 6.07) is 7.59. The van der Waals surface area contributed by atoms with Crippen molar-refractivity contribution < 1.29 is 14.3 Å². The molecule has 0 bridgehead atoms. The third-order valence-corrected chi connectivity index (χ3v) is 3.18. The molecule has 0 spiro atoms. The number of ether oxygens (including phenoxy) is 1. The maximum Gasteiger partial charge on any atom is 0.307 e. The van der Waals surface area contributed by atoms with Gasteiger partial charge in [-0.25, -0.2) is 0 Å². The summed E-state index contributed by atoms with van der Waals surface area (Å²) in [7, 11) is 5.36. The molecule has 0 aliphatic carbocycles. The van der Waals surface area contributed by atoms with Gasteiger partial charge < -0.3 is 14.5 Å². The molecule has 1 aromatic rings. The lowest BCUT2D eigenvalue weighted by molar-refractivity contribution is -0.140. The quantitative estimate of drug-likeness (QED) is 0.719. The van der Waals surface area contributed by atoms with Crippen LogP contribution in [0.15, 0.2) is 24.3 Å². The molecule has 0 aromatic heterocycles. The molecule has 0 aliphatic heterocycles. The fraction of sp³-hybridized carbons (Fsp3) is 0.500. The number of hydrogen-bond acceptors (Lipinski definition) is 4. The molecule has 116 valence electrons. The second-order valence-corrected chi connectivity index (χ2v) is 5.15. The van der Waals surface area contributed by atoms with Crippen LogP contribution in [0.25, 0.3) is 0 Å². The minimum atomic E-state index is -0.303. The van der Waals surface area contributed by atoms with Crippen LogP contribution < -0.4 is 0 Å². The van der Waals surface area contributed by atoms with Crippen LogP contribution in [0.5, 0.6) is 0 Å². The minimum absolute atomic E-state index is 0.0576. The molecule has 1 aromatic carbocycles. The van der Waals surface area contributed by atoms with Crippen LogP contribution in [0, 0.1) is 0 Å². The molecule has 0 atom stereocenters. The highest BCUT2D eigenvalue weighted by molar-refractivity contribution is 5.94. The molecule has 21 heavy (non-hydrogen) atoms. The van der Waals surface area contributed by atoms with E-state index in [9.17, 15) is 9.59 Å². The molecule has 0 fully saturated rings. The topological polar surface area (TPSA) is 49.9 Å². The first-order valence-corrected chi connectivity index (χ1v) is 7.07. The maximum atomic E-state index is 12.4. The van der Waals surface area contributed by atoms with Gasteiger partial charge in [0.05, 0.1) is 13.5 Å².